The third kappa shape index (κ3) is 5.85. The lowest BCUT2D eigenvalue weighted by Crippen LogP contribution is -2.42. The molecule has 0 saturated heterocycles. The monoisotopic (exact) mass is 649 g/mol. The van der Waals surface area contributed by atoms with Crippen LogP contribution in [-0.4, -0.2) is 18.7 Å². The van der Waals surface area contributed by atoms with Crippen LogP contribution in [0.2, 0.25) is 5.02 Å². The summed E-state index contributed by atoms with van der Waals surface area (Å²) in [5.41, 5.74) is 5.55. The molecule has 6 aromatic rings. The maximum Gasteiger partial charge on any atom is 0.408 e. The van der Waals surface area contributed by atoms with Crippen LogP contribution in [0.5, 0.6) is 0 Å². The van der Waals surface area contributed by atoms with Crippen molar-refractivity contribution < 1.29 is 19.1 Å². The molecule has 1 amide bonds. The Bertz CT molecular complexity index is 1960. The lowest BCUT2D eigenvalue weighted by Gasteiger charge is -2.37. The molecule has 0 fully saturated rings. The second-order valence-corrected chi connectivity index (χ2v) is 12.0. The van der Waals surface area contributed by atoms with Gasteiger partial charge in [-0.15, -0.1) is 0 Å². The minimum Gasteiger partial charge on any atom is -0.449 e. The van der Waals surface area contributed by atoms with Crippen molar-refractivity contribution in [2.24, 2.45) is 0 Å². The maximum atomic E-state index is 14.6. The molecule has 5 nitrogen and oxygen atoms in total. The van der Waals surface area contributed by atoms with Crippen LogP contribution >= 0.6 is 11.6 Å². The molecule has 236 valence electrons. The number of esters is 1. The van der Waals surface area contributed by atoms with Gasteiger partial charge in [-0.25, -0.2) is 9.59 Å². The standard InChI is InChI=1S/C42H32ClNO4/c43-38-27-15-14-26-37(38)42(30-18-6-2-7-19-30,31-20-8-3-9-21-31)48-40(45)39(29-16-4-1-5-17-29)44-41(46)47-28-36-34-24-12-10-22-32(34)33-23-11-13-25-35(33)36/h1-27,36,39H,28H2,(H,44,46)/t39-/m1/s1. The first kappa shape index (κ1) is 31.0. The van der Waals surface area contributed by atoms with Crippen LogP contribution in [-0.2, 0) is 19.9 Å². The largest absolute Gasteiger partial charge is 0.449 e. The van der Waals surface area contributed by atoms with Crippen LogP contribution in [0.1, 0.15) is 45.3 Å². The summed E-state index contributed by atoms with van der Waals surface area (Å²) in [5.74, 6) is -0.809. The molecule has 6 heteroatoms. The Kier molecular flexibility index (Phi) is 8.78. The average Bonchev–Trinajstić information content (AvgIpc) is 3.47. The van der Waals surface area contributed by atoms with E-state index in [0.717, 1.165) is 22.3 Å². The third-order valence-corrected chi connectivity index (χ3v) is 9.17. The van der Waals surface area contributed by atoms with E-state index in [-0.39, 0.29) is 12.5 Å². The van der Waals surface area contributed by atoms with Crippen LogP contribution < -0.4 is 5.32 Å². The summed E-state index contributed by atoms with van der Waals surface area (Å²) in [4.78, 5) is 28.2. The molecule has 7 rings (SSSR count). The van der Waals surface area contributed by atoms with Gasteiger partial charge in [0.05, 0.1) is 0 Å². The topological polar surface area (TPSA) is 64.6 Å². The zero-order valence-corrected chi connectivity index (χ0v) is 26.7. The molecule has 0 radical (unpaired) electrons. The van der Waals surface area contributed by atoms with Crippen molar-refractivity contribution in [3.63, 3.8) is 0 Å². The molecule has 6 aromatic carbocycles. The lowest BCUT2D eigenvalue weighted by molar-refractivity contribution is -0.156. The van der Waals surface area contributed by atoms with Crippen molar-refractivity contribution in [2.45, 2.75) is 17.6 Å². The number of hydrogen-bond acceptors (Lipinski definition) is 4. The van der Waals surface area contributed by atoms with Crippen LogP contribution in [0.25, 0.3) is 11.1 Å². The highest BCUT2D eigenvalue weighted by Crippen LogP contribution is 2.46. The summed E-state index contributed by atoms with van der Waals surface area (Å²) in [6.45, 7) is 0.105. The highest BCUT2D eigenvalue weighted by Gasteiger charge is 2.44. The van der Waals surface area contributed by atoms with Crippen LogP contribution in [0.4, 0.5) is 4.79 Å². The van der Waals surface area contributed by atoms with Gasteiger partial charge in [-0.1, -0.05) is 169 Å². The molecule has 0 heterocycles. The minimum absolute atomic E-state index is 0.105. The molecular weight excluding hydrogens is 618 g/mol. The van der Waals surface area contributed by atoms with Gasteiger partial charge in [-0.3, -0.25) is 0 Å². The molecule has 0 saturated carbocycles. The third-order valence-electron chi connectivity index (χ3n) is 8.84. The van der Waals surface area contributed by atoms with Crippen molar-refractivity contribution >= 4 is 23.7 Å². The van der Waals surface area contributed by atoms with Crippen LogP contribution in [0.15, 0.2) is 164 Å². The Morgan fingerprint density at radius 1 is 0.625 bits per heavy atom. The second kappa shape index (κ2) is 13.6. The van der Waals surface area contributed by atoms with E-state index < -0.39 is 23.7 Å². The number of alkyl carbamates (subject to hydrolysis) is 1. The van der Waals surface area contributed by atoms with E-state index in [1.54, 1.807) is 18.2 Å². The summed E-state index contributed by atoms with van der Waals surface area (Å²) in [7, 11) is 0. The van der Waals surface area contributed by atoms with Gasteiger partial charge in [-0.05, 0) is 33.9 Å². The molecular formula is C42H32ClNO4. The molecule has 0 aliphatic heterocycles. The van der Waals surface area contributed by atoms with Crippen molar-refractivity contribution in [2.75, 3.05) is 6.61 Å². The number of benzene rings is 6. The van der Waals surface area contributed by atoms with Crippen molar-refractivity contribution in [1.82, 2.24) is 5.32 Å². The Hall–Kier alpha value is -5.65. The Morgan fingerprint density at radius 2 is 1.10 bits per heavy atom. The van der Waals surface area contributed by atoms with Gasteiger partial charge >= 0.3 is 12.1 Å². The van der Waals surface area contributed by atoms with Gasteiger partial charge in [0.25, 0.3) is 0 Å². The van der Waals surface area contributed by atoms with Gasteiger partial charge < -0.3 is 14.8 Å². The number of amides is 1. The van der Waals surface area contributed by atoms with Crippen LogP contribution in [0.3, 0.4) is 0 Å². The molecule has 1 atom stereocenters. The number of rotatable bonds is 9. The maximum absolute atomic E-state index is 14.6. The number of fused-ring (bicyclic) bond motifs is 3. The second-order valence-electron chi connectivity index (χ2n) is 11.6. The van der Waals surface area contributed by atoms with Gasteiger partial charge in [0.2, 0.25) is 0 Å². The molecule has 0 aromatic heterocycles. The SMILES string of the molecule is O=C(N[C@@H](C(=O)OC(c1ccccc1)(c1ccccc1)c1ccccc1Cl)c1ccccc1)OCC1c2ccccc2-c2ccccc21. The highest BCUT2D eigenvalue weighted by molar-refractivity contribution is 6.31. The molecule has 1 aliphatic rings. The van der Waals surface area contributed by atoms with Gasteiger partial charge in [-0.2, -0.15) is 0 Å². The fourth-order valence-electron chi connectivity index (χ4n) is 6.63. The summed E-state index contributed by atoms with van der Waals surface area (Å²) >= 11 is 6.87. The van der Waals surface area contributed by atoms with E-state index in [1.165, 1.54) is 0 Å². The first-order valence-electron chi connectivity index (χ1n) is 15.8. The number of halogens is 1. The summed E-state index contributed by atoms with van der Waals surface area (Å²) in [6, 6.07) is 50.4. The highest BCUT2D eigenvalue weighted by atomic mass is 35.5. The Morgan fingerprint density at radius 3 is 1.67 bits per heavy atom. The Labute approximate surface area is 284 Å². The molecule has 0 spiro atoms. The minimum atomic E-state index is -1.44. The predicted molar refractivity (Wildman–Crippen MR) is 188 cm³/mol. The van der Waals surface area contributed by atoms with E-state index >= 15 is 0 Å². The first-order chi connectivity index (χ1) is 23.6. The van der Waals surface area contributed by atoms with E-state index in [0.29, 0.717) is 27.3 Å². The average molecular weight is 650 g/mol. The molecule has 1 aliphatic carbocycles. The summed E-state index contributed by atoms with van der Waals surface area (Å²) in [5, 5.41) is 3.26. The zero-order valence-electron chi connectivity index (χ0n) is 26.0. The number of carbonyl (C=O) groups is 2. The van der Waals surface area contributed by atoms with Gasteiger partial charge in [0.1, 0.15) is 6.61 Å². The number of nitrogens with one attached hydrogen (secondary N) is 1. The smallest absolute Gasteiger partial charge is 0.408 e. The molecule has 48 heavy (non-hydrogen) atoms. The number of ether oxygens (including phenoxy) is 2. The molecule has 1 N–H and O–H groups in total. The van der Waals surface area contributed by atoms with Crippen molar-refractivity contribution in [1.29, 1.82) is 0 Å². The van der Waals surface area contributed by atoms with E-state index in [1.807, 2.05) is 121 Å². The summed E-state index contributed by atoms with van der Waals surface area (Å²) < 4.78 is 12.5. The number of hydrogen-bond donors (Lipinski definition) is 1. The predicted octanol–water partition coefficient (Wildman–Crippen LogP) is 9.46. The van der Waals surface area contributed by atoms with Gasteiger partial charge in [0.15, 0.2) is 11.6 Å². The normalized spacial score (nSPS) is 12.8. The lowest BCUT2D eigenvalue weighted by atomic mass is 9.80. The van der Waals surface area contributed by atoms with E-state index in [4.69, 9.17) is 21.1 Å². The van der Waals surface area contributed by atoms with Crippen molar-refractivity contribution in [3.05, 3.63) is 202 Å². The molecule has 0 bridgehead atoms. The van der Waals surface area contributed by atoms with Crippen LogP contribution in [0, 0.1) is 0 Å². The fraction of sp³-hybridized carbons (Fsp3) is 0.0952. The van der Waals surface area contributed by atoms with E-state index in [9.17, 15) is 9.59 Å². The first-order valence-corrected chi connectivity index (χ1v) is 16.2. The van der Waals surface area contributed by atoms with E-state index in [2.05, 4.69) is 29.6 Å². The fourth-order valence-corrected chi connectivity index (χ4v) is 6.90. The number of carbonyl (C=O) groups excluding carboxylic acids is 2. The van der Waals surface area contributed by atoms with Crippen molar-refractivity contribution in [3.8, 4) is 11.1 Å². The summed E-state index contributed by atoms with van der Waals surface area (Å²) in [6.07, 6.45) is -0.731. The zero-order chi connectivity index (χ0) is 32.9. The Balaban J connectivity index is 1.22. The molecule has 0 unspecified atom stereocenters. The van der Waals surface area contributed by atoms with Gasteiger partial charge in [0, 0.05) is 27.6 Å². The quantitative estimate of drug-likeness (QED) is 0.125.